The van der Waals surface area contributed by atoms with E-state index in [1.54, 1.807) is 11.3 Å². The largest absolute Gasteiger partial charge is 0.322 e. The fourth-order valence-electron chi connectivity index (χ4n) is 2.71. The maximum absolute atomic E-state index is 5.88. The third-order valence-electron chi connectivity index (χ3n) is 3.86. The van der Waals surface area contributed by atoms with Gasteiger partial charge in [-0.05, 0) is 30.9 Å². The van der Waals surface area contributed by atoms with Crippen LogP contribution < -0.4 is 5.73 Å². The van der Waals surface area contributed by atoms with E-state index in [9.17, 15) is 0 Å². The number of hydrogen-bond donors (Lipinski definition) is 1. The molecule has 1 aromatic heterocycles. The van der Waals surface area contributed by atoms with E-state index in [1.807, 2.05) is 6.92 Å². The average Bonchev–Trinajstić information content (AvgIpc) is 2.82. The molecule has 106 valence electrons. The van der Waals surface area contributed by atoms with Crippen molar-refractivity contribution in [2.75, 3.05) is 13.1 Å². The van der Waals surface area contributed by atoms with Crippen molar-refractivity contribution in [2.45, 2.75) is 32.4 Å². The van der Waals surface area contributed by atoms with Gasteiger partial charge < -0.3 is 5.73 Å². The summed E-state index contributed by atoms with van der Waals surface area (Å²) in [5.41, 5.74) is 10.0. The Kier molecular flexibility index (Phi) is 4.15. The smallest absolute Gasteiger partial charge is 0.109 e. The van der Waals surface area contributed by atoms with Crippen LogP contribution in [0.3, 0.4) is 0 Å². The first-order valence-corrected chi connectivity index (χ1v) is 8.09. The van der Waals surface area contributed by atoms with Crippen molar-refractivity contribution in [3.8, 4) is 0 Å². The number of benzene rings is 1. The van der Waals surface area contributed by atoms with Crippen molar-refractivity contribution in [2.24, 2.45) is 5.73 Å². The van der Waals surface area contributed by atoms with Crippen molar-refractivity contribution in [1.29, 1.82) is 0 Å². The lowest BCUT2D eigenvalue weighted by molar-refractivity contribution is 0.276. The minimum absolute atomic E-state index is 0.0436. The van der Waals surface area contributed by atoms with Gasteiger partial charge in [-0.3, -0.25) is 4.90 Å². The number of fused-ring (bicyclic) bond motifs is 1. The molecule has 0 spiro atoms. The first-order valence-electron chi connectivity index (χ1n) is 7.21. The Morgan fingerprint density at radius 3 is 2.45 bits per heavy atom. The maximum atomic E-state index is 5.88. The van der Waals surface area contributed by atoms with E-state index >= 15 is 0 Å². The molecule has 20 heavy (non-hydrogen) atoms. The molecule has 3 nitrogen and oxygen atoms in total. The molecule has 1 aromatic carbocycles. The molecule has 0 bridgehead atoms. The van der Waals surface area contributed by atoms with E-state index in [0.717, 1.165) is 43.2 Å². The number of nitrogens with zero attached hydrogens (tertiary/aromatic N) is 2. The van der Waals surface area contributed by atoms with Gasteiger partial charge >= 0.3 is 0 Å². The van der Waals surface area contributed by atoms with Crippen molar-refractivity contribution in [1.82, 2.24) is 9.88 Å². The third-order valence-corrected chi connectivity index (χ3v) is 4.95. The molecular formula is C16H21N3S. The highest BCUT2D eigenvalue weighted by Gasteiger charge is 2.15. The Bertz CT molecular complexity index is 550. The van der Waals surface area contributed by atoms with Gasteiger partial charge in [0.1, 0.15) is 5.01 Å². The highest BCUT2D eigenvalue weighted by molar-refractivity contribution is 7.09. The average molecular weight is 287 g/mol. The van der Waals surface area contributed by atoms with Crippen LogP contribution in [0.15, 0.2) is 29.6 Å². The lowest BCUT2D eigenvalue weighted by Crippen LogP contribution is -2.26. The summed E-state index contributed by atoms with van der Waals surface area (Å²) in [6.45, 7) is 5.16. The van der Waals surface area contributed by atoms with Crippen LogP contribution in [0.1, 0.15) is 34.8 Å². The molecular weight excluding hydrogens is 266 g/mol. The van der Waals surface area contributed by atoms with Gasteiger partial charge in [-0.15, -0.1) is 11.3 Å². The van der Waals surface area contributed by atoms with E-state index < -0.39 is 0 Å². The molecule has 0 amide bonds. The normalized spacial score (nSPS) is 17.5. The van der Waals surface area contributed by atoms with E-state index in [-0.39, 0.29) is 6.04 Å². The second-order valence-corrected chi connectivity index (χ2v) is 6.40. The Labute approximate surface area is 124 Å². The van der Waals surface area contributed by atoms with Crippen LogP contribution in [0.2, 0.25) is 0 Å². The molecule has 2 aromatic rings. The lowest BCUT2D eigenvalue weighted by atomic mass is 10.0. The van der Waals surface area contributed by atoms with E-state index in [4.69, 9.17) is 5.73 Å². The minimum atomic E-state index is 0.0436. The molecule has 1 aliphatic rings. The van der Waals surface area contributed by atoms with Gasteiger partial charge in [-0.1, -0.05) is 24.3 Å². The summed E-state index contributed by atoms with van der Waals surface area (Å²) in [4.78, 5) is 7.14. The summed E-state index contributed by atoms with van der Waals surface area (Å²) in [7, 11) is 0. The van der Waals surface area contributed by atoms with Gasteiger partial charge in [0, 0.05) is 25.0 Å². The first-order chi connectivity index (χ1) is 9.72. The second-order valence-electron chi connectivity index (χ2n) is 5.51. The molecule has 0 fully saturated rings. The molecule has 3 rings (SSSR count). The predicted octanol–water partition coefficient (Wildman–Crippen LogP) is 2.76. The van der Waals surface area contributed by atoms with Gasteiger partial charge in [-0.25, -0.2) is 4.98 Å². The summed E-state index contributed by atoms with van der Waals surface area (Å²) in [5.74, 6) is 0. The van der Waals surface area contributed by atoms with Gasteiger partial charge in [-0.2, -0.15) is 0 Å². The number of thiazole rings is 1. The van der Waals surface area contributed by atoms with Crippen LogP contribution in [-0.2, 0) is 19.4 Å². The molecule has 0 radical (unpaired) electrons. The molecule has 0 saturated carbocycles. The Balaban J connectivity index is 1.65. The molecule has 1 aliphatic heterocycles. The summed E-state index contributed by atoms with van der Waals surface area (Å²) in [5, 5.41) is 3.19. The predicted molar refractivity (Wildman–Crippen MR) is 83.8 cm³/mol. The van der Waals surface area contributed by atoms with E-state index in [1.165, 1.54) is 11.1 Å². The SMILES string of the molecule is CC(N)c1nc(CN2CCc3ccccc3CC2)cs1. The van der Waals surface area contributed by atoms with E-state index in [2.05, 4.69) is 39.5 Å². The first kappa shape index (κ1) is 13.7. The highest BCUT2D eigenvalue weighted by atomic mass is 32.1. The molecule has 2 N–H and O–H groups in total. The molecule has 2 heterocycles. The third kappa shape index (κ3) is 3.08. The van der Waals surface area contributed by atoms with Crippen molar-refractivity contribution >= 4 is 11.3 Å². The second kappa shape index (κ2) is 6.04. The zero-order valence-electron chi connectivity index (χ0n) is 11.9. The van der Waals surface area contributed by atoms with Crippen LogP contribution in [-0.4, -0.2) is 23.0 Å². The number of rotatable bonds is 3. The van der Waals surface area contributed by atoms with Crippen LogP contribution in [0.4, 0.5) is 0 Å². The van der Waals surface area contributed by atoms with Crippen LogP contribution in [0.5, 0.6) is 0 Å². The Morgan fingerprint density at radius 2 is 1.90 bits per heavy atom. The molecule has 0 saturated heterocycles. The lowest BCUT2D eigenvalue weighted by Gasteiger charge is -2.18. The molecule has 0 aliphatic carbocycles. The number of hydrogen-bond acceptors (Lipinski definition) is 4. The van der Waals surface area contributed by atoms with Gasteiger partial charge in [0.25, 0.3) is 0 Å². The zero-order chi connectivity index (χ0) is 13.9. The van der Waals surface area contributed by atoms with Crippen LogP contribution in [0, 0.1) is 0 Å². The Hall–Kier alpha value is -1.23. The number of aromatic nitrogens is 1. The van der Waals surface area contributed by atoms with Crippen molar-refractivity contribution in [3.63, 3.8) is 0 Å². The Morgan fingerprint density at radius 1 is 1.25 bits per heavy atom. The fourth-order valence-corrected chi connectivity index (χ4v) is 3.47. The summed E-state index contributed by atoms with van der Waals surface area (Å²) in [6, 6.07) is 8.85. The summed E-state index contributed by atoms with van der Waals surface area (Å²) < 4.78 is 0. The molecule has 1 unspecified atom stereocenters. The van der Waals surface area contributed by atoms with Crippen LogP contribution >= 0.6 is 11.3 Å². The van der Waals surface area contributed by atoms with Gasteiger partial charge in [0.05, 0.1) is 11.7 Å². The monoisotopic (exact) mass is 287 g/mol. The quantitative estimate of drug-likeness (QED) is 0.944. The summed E-state index contributed by atoms with van der Waals surface area (Å²) in [6.07, 6.45) is 2.28. The standard InChI is InChI=1S/C16H21N3S/c1-12(17)16-18-15(11-20-16)10-19-8-6-13-4-2-3-5-14(13)7-9-19/h2-5,11-12H,6-10,17H2,1H3. The van der Waals surface area contributed by atoms with Gasteiger partial charge in [0.2, 0.25) is 0 Å². The van der Waals surface area contributed by atoms with Gasteiger partial charge in [0.15, 0.2) is 0 Å². The highest BCUT2D eigenvalue weighted by Crippen LogP contribution is 2.19. The number of nitrogens with two attached hydrogens (primary N) is 1. The van der Waals surface area contributed by atoms with Crippen LogP contribution in [0.25, 0.3) is 0 Å². The van der Waals surface area contributed by atoms with Crippen molar-refractivity contribution < 1.29 is 0 Å². The molecule has 1 atom stereocenters. The molecule has 4 heteroatoms. The minimum Gasteiger partial charge on any atom is -0.322 e. The fraction of sp³-hybridized carbons (Fsp3) is 0.438. The maximum Gasteiger partial charge on any atom is 0.109 e. The van der Waals surface area contributed by atoms with Crippen molar-refractivity contribution in [3.05, 3.63) is 51.5 Å². The zero-order valence-corrected chi connectivity index (χ0v) is 12.7. The van der Waals surface area contributed by atoms with E-state index in [0.29, 0.717) is 0 Å². The summed E-state index contributed by atoms with van der Waals surface area (Å²) >= 11 is 1.68. The topological polar surface area (TPSA) is 42.1 Å².